The first-order valence-electron chi connectivity index (χ1n) is 21.4. The van der Waals surface area contributed by atoms with E-state index < -0.39 is 125 Å². The first-order valence-corrected chi connectivity index (χ1v) is 28.9. The monoisotopic (exact) mass is 1210 g/mol. The van der Waals surface area contributed by atoms with Crippen molar-refractivity contribution in [3.8, 4) is 11.5 Å². The second kappa shape index (κ2) is 21.7. The summed E-state index contributed by atoms with van der Waals surface area (Å²) in [5.74, 6) is -2.03. The molecule has 37 heteroatoms. The number of nitrogens with zero attached hydrogens (tertiary/aromatic N) is 9. The Balaban J connectivity index is 1.14. The fourth-order valence-electron chi connectivity index (χ4n) is 7.06. The molecule has 0 fully saturated rings. The van der Waals surface area contributed by atoms with Crippen molar-refractivity contribution in [2.75, 3.05) is 27.4 Å². The van der Waals surface area contributed by atoms with Gasteiger partial charge in [0.2, 0.25) is 17.2 Å². The number of benzene rings is 7. The van der Waals surface area contributed by atoms with Crippen LogP contribution in [0.2, 0.25) is 5.28 Å². The van der Waals surface area contributed by atoms with E-state index in [-0.39, 0.29) is 51.8 Å². The Morgan fingerprint density at radius 2 is 1.01 bits per heavy atom. The topological polar surface area (TPSA) is 513 Å². The zero-order valence-electron chi connectivity index (χ0n) is 39.3. The van der Waals surface area contributed by atoms with Gasteiger partial charge in [-0.3, -0.25) is 22.8 Å². The molecule has 0 atom stereocenters. The van der Waals surface area contributed by atoms with E-state index >= 15 is 0 Å². The van der Waals surface area contributed by atoms with E-state index in [0.717, 1.165) is 48.5 Å². The quantitative estimate of drug-likeness (QED) is 0.0230. The van der Waals surface area contributed by atoms with Crippen molar-refractivity contribution in [3.05, 3.63) is 121 Å². The average molecular weight is 1210 g/mol. The van der Waals surface area contributed by atoms with Gasteiger partial charge in [-0.2, -0.15) is 67.3 Å². The van der Waals surface area contributed by atoms with Crippen LogP contribution in [0.3, 0.4) is 0 Å². The summed E-state index contributed by atoms with van der Waals surface area (Å²) < 4.78 is 175. The predicted octanol–water partition coefficient (Wildman–Crippen LogP) is 8.96. The van der Waals surface area contributed by atoms with Gasteiger partial charge in [-0.25, -0.2) is 0 Å². The summed E-state index contributed by atoms with van der Waals surface area (Å²) in [7, 11) is -25.8. The third-order valence-electron chi connectivity index (χ3n) is 10.6. The van der Waals surface area contributed by atoms with Crippen LogP contribution in [-0.2, 0) is 50.6 Å². The number of rotatable bonds is 17. The van der Waals surface area contributed by atoms with Crippen LogP contribution in [0, 0.1) is 0 Å². The molecule has 0 spiro atoms. The number of anilines is 8. The molecule has 1 aromatic heterocycles. The molecular formula is C43H33ClN14O17S5. The molecule has 0 aliphatic heterocycles. The molecule has 0 aliphatic rings. The first-order chi connectivity index (χ1) is 37.3. The molecule has 80 heavy (non-hydrogen) atoms. The van der Waals surface area contributed by atoms with Crippen molar-refractivity contribution >= 4 is 153 Å². The predicted molar refractivity (Wildman–Crippen MR) is 285 cm³/mol. The van der Waals surface area contributed by atoms with Crippen LogP contribution in [0.4, 0.5) is 80.1 Å². The number of aromatic hydroxyl groups is 2. The molecule has 0 amide bonds. The van der Waals surface area contributed by atoms with E-state index in [9.17, 15) is 75.1 Å². The van der Waals surface area contributed by atoms with Gasteiger partial charge < -0.3 is 37.6 Å². The van der Waals surface area contributed by atoms with Gasteiger partial charge in [-0.15, -0.1) is 20.5 Å². The number of aromatic nitrogens is 3. The molecule has 0 saturated carbocycles. The van der Waals surface area contributed by atoms with Crippen LogP contribution in [0.1, 0.15) is 0 Å². The minimum Gasteiger partial charge on any atom is -0.508 e. The summed E-state index contributed by atoms with van der Waals surface area (Å²) in [5.41, 5.74) is 8.64. The van der Waals surface area contributed by atoms with Crippen molar-refractivity contribution in [2.45, 2.75) is 24.5 Å². The number of nitrogens with one attached hydrogen (secondary N) is 3. The smallest absolute Gasteiger partial charge is 0.296 e. The molecule has 414 valence electrons. The van der Waals surface area contributed by atoms with Crippen molar-refractivity contribution in [1.82, 2.24) is 15.0 Å². The van der Waals surface area contributed by atoms with Crippen molar-refractivity contribution in [2.24, 2.45) is 30.7 Å². The number of phenolic OH excluding ortho intramolecular Hbond substituents is 2. The van der Waals surface area contributed by atoms with Gasteiger partial charge in [-0.05, 0) is 120 Å². The molecule has 14 N–H and O–H groups in total. The number of nitrogen functional groups attached to an aromatic ring is 2. The molecule has 0 bridgehead atoms. The second-order valence-electron chi connectivity index (χ2n) is 16.1. The van der Waals surface area contributed by atoms with Crippen molar-refractivity contribution in [3.63, 3.8) is 0 Å². The molecule has 8 aromatic rings. The van der Waals surface area contributed by atoms with E-state index in [1.165, 1.54) is 54.6 Å². The van der Waals surface area contributed by atoms with Crippen LogP contribution in [0.5, 0.6) is 11.5 Å². The third kappa shape index (κ3) is 13.3. The lowest BCUT2D eigenvalue weighted by Crippen LogP contribution is -2.05. The maximum Gasteiger partial charge on any atom is 0.296 e. The number of nitrogens with two attached hydrogens (primary N) is 2. The van der Waals surface area contributed by atoms with E-state index in [1.54, 1.807) is 0 Å². The highest BCUT2D eigenvalue weighted by molar-refractivity contribution is 7.87. The zero-order valence-corrected chi connectivity index (χ0v) is 44.1. The standard InChI is InChI=1S/C43H33ClN14O17S5/c44-41-50-42(48-23-2-1-3-27(16-23)76(61,62)63)52-43(51-41)49-24-9-13-32(77(64,65)66)31(17-24)56-58-39-35(80(73,74)75)15-20-14-34(79(70,71)72)38(37(46)36(20)40(39)60)57-54-25-8-11-30(33(18-25)78(67,68)69)47-21-4-6-22(7-5-21)53-55-29-12-10-26(59)19-28(29)45/h1-19,47,59-60H,45-46H2,(H,61,62,63)(H,64,65,66)(H,67,68,69)(H,70,71,72)(H,73,74,75)(H2,48,49,50,51,52)/b55-53+,57-54+,58-56+. The Kier molecular flexibility index (Phi) is 15.5. The van der Waals surface area contributed by atoms with Crippen LogP contribution < -0.4 is 27.4 Å². The van der Waals surface area contributed by atoms with Gasteiger partial charge in [0.15, 0.2) is 5.75 Å². The maximum absolute atomic E-state index is 12.8. The third-order valence-corrected chi connectivity index (χ3v) is 15.1. The van der Waals surface area contributed by atoms with Gasteiger partial charge in [0, 0.05) is 23.1 Å². The van der Waals surface area contributed by atoms with Gasteiger partial charge >= 0.3 is 0 Å². The Labute approximate surface area is 455 Å². The Hall–Kier alpha value is -8.95. The molecule has 7 aromatic carbocycles. The minimum atomic E-state index is -5.52. The van der Waals surface area contributed by atoms with Crippen LogP contribution in [0.15, 0.2) is 170 Å². The van der Waals surface area contributed by atoms with Crippen LogP contribution >= 0.6 is 11.6 Å². The lowest BCUT2D eigenvalue weighted by molar-refractivity contribution is 0.472. The Bertz CT molecular complexity index is 4560. The number of hydrogen-bond donors (Lipinski definition) is 12. The molecule has 0 radical (unpaired) electrons. The van der Waals surface area contributed by atoms with Gasteiger partial charge in [-0.1, -0.05) is 6.07 Å². The SMILES string of the molecule is Nc1cc(O)ccc1/N=N/c1ccc(Nc2ccc(/N=N/c3c(S(=O)(=O)O)cc4cc(S(=O)(=O)O)c(/N=N/c5cc(Nc6nc(Cl)nc(Nc7cccc(S(=O)(=O)O)c7)n6)ccc5S(=O)(=O)O)c(O)c4c3N)cc2S(=O)(=O)O)cc1. The minimum absolute atomic E-state index is 0.0609. The number of hydrogen-bond acceptors (Lipinski definition) is 26. The van der Waals surface area contributed by atoms with Crippen LogP contribution in [-0.4, -0.2) is 90.0 Å². The van der Waals surface area contributed by atoms with E-state index in [0.29, 0.717) is 17.8 Å². The molecule has 8 rings (SSSR count). The summed E-state index contributed by atoms with van der Waals surface area (Å²) in [5, 5.41) is 50.6. The second-order valence-corrected chi connectivity index (χ2v) is 23.4. The maximum atomic E-state index is 12.8. The molecule has 0 unspecified atom stereocenters. The van der Waals surface area contributed by atoms with Gasteiger partial charge in [0.1, 0.15) is 48.1 Å². The normalized spacial score (nSPS) is 12.7. The molecule has 0 aliphatic carbocycles. The van der Waals surface area contributed by atoms with Crippen molar-refractivity contribution < 1.29 is 75.1 Å². The molecule has 0 saturated heterocycles. The summed E-state index contributed by atoms with van der Waals surface area (Å²) >= 11 is 6.08. The summed E-state index contributed by atoms with van der Waals surface area (Å²) in [6.07, 6.45) is 0. The summed E-state index contributed by atoms with van der Waals surface area (Å²) in [6.45, 7) is 0. The molecule has 1 heterocycles. The van der Waals surface area contributed by atoms with E-state index in [1.807, 2.05) is 0 Å². The fourth-order valence-corrected chi connectivity index (χ4v) is 10.3. The lowest BCUT2D eigenvalue weighted by atomic mass is 10.1. The number of halogens is 1. The average Bonchev–Trinajstić information content (AvgIpc) is 3.47. The van der Waals surface area contributed by atoms with Crippen molar-refractivity contribution in [1.29, 1.82) is 0 Å². The lowest BCUT2D eigenvalue weighted by Gasteiger charge is -2.14. The number of fused-ring (bicyclic) bond motifs is 1. The fraction of sp³-hybridized carbons (Fsp3) is 0. The molecular weight excluding hydrogens is 1180 g/mol. The first kappa shape index (κ1) is 57.2. The zero-order chi connectivity index (χ0) is 58.3. The van der Waals surface area contributed by atoms with Gasteiger partial charge in [0.25, 0.3) is 50.6 Å². The van der Waals surface area contributed by atoms with E-state index in [4.69, 9.17) is 23.1 Å². The van der Waals surface area contributed by atoms with Crippen LogP contribution in [0.25, 0.3) is 10.8 Å². The highest BCUT2D eigenvalue weighted by Crippen LogP contribution is 2.49. The number of azo groups is 3. The summed E-state index contributed by atoms with van der Waals surface area (Å²) in [6, 6.07) is 21.6. The highest BCUT2D eigenvalue weighted by Gasteiger charge is 2.29. The molecule has 31 nitrogen and oxygen atoms in total. The van der Waals surface area contributed by atoms with Gasteiger partial charge in [0.05, 0.1) is 38.7 Å². The Morgan fingerprint density at radius 3 is 1.61 bits per heavy atom. The number of phenols is 2. The van der Waals surface area contributed by atoms with E-state index in [2.05, 4.69) is 61.6 Å². The Morgan fingerprint density at radius 1 is 0.463 bits per heavy atom. The largest absolute Gasteiger partial charge is 0.508 e. The summed E-state index contributed by atoms with van der Waals surface area (Å²) in [4.78, 5) is 7.12. The highest BCUT2D eigenvalue weighted by atomic mass is 35.5.